The first kappa shape index (κ1) is 20.5. The van der Waals surface area contributed by atoms with Gasteiger partial charge in [-0.25, -0.2) is 4.68 Å². The Kier molecular flexibility index (Phi) is 4.63. The summed E-state index contributed by atoms with van der Waals surface area (Å²) in [6.45, 7) is 4.99. The van der Waals surface area contributed by atoms with Crippen molar-refractivity contribution in [2.45, 2.75) is 45.6 Å². The fraction of sp³-hybridized carbons (Fsp3) is 0.346. The molecule has 3 aliphatic rings. The van der Waals surface area contributed by atoms with Gasteiger partial charge in [-0.2, -0.15) is 15.2 Å². The average molecular weight is 460 g/mol. The molecule has 0 aliphatic carbocycles. The molecule has 33 heavy (non-hydrogen) atoms. The molecule has 1 saturated heterocycles. The van der Waals surface area contributed by atoms with Gasteiger partial charge >= 0.3 is 0 Å². The molecule has 6 rings (SSSR count). The molecule has 0 saturated carbocycles. The Morgan fingerprint density at radius 3 is 2.52 bits per heavy atom. The molecular formula is C26H26ClN5O. The van der Waals surface area contributed by atoms with Crippen molar-refractivity contribution in [2.24, 2.45) is 10.5 Å². The first-order valence-corrected chi connectivity index (χ1v) is 11.9. The van der Waals surface area contributed by atoms with E-state index in [0.717, 1.165) is 60.0 Å². The fourth-order valence-corrected chi connectivity index (χ4v) is 5.99. The minimum atomic E-state index is -0.678. The van der Waals surface area contributed by atoms with E-state index in [4.69, 9.17) is 21.8 Å². The Hall–Kier alpha value is -3.12. The van der Waals surface area contributed by atoms with Gasteiger partial charge in [0.05, 0.1) is 28.8 Å². The summed E-state index contributed by atoms with van der Waals surface area (Å²) in [5.74, 6) is 1.19. The number of aromatic nitrogens is 2. The van der Waals surface area contributed by atoms with Gasteiger partial charge in [0.1, 0.15) is 11.2 Å². The molecule has 0 bridgehead atoms. The minimum absolute atomic E-state index is 0.0525. The number of para-hydroxylation sites is 1. The monoisotopic (exact) mass is 459 g/mol. The minimum Gasteiger partial charge on any atom is -0.352 e. The Bertz CT molecular complexity index is 1270. The Labute approximate surface area is 198 Å². The summed E-state index contributed by atoms with van der Waals surface area (Å²) in [6, 6.07) is 17.7. The number of rotatable bonds is 2. The van der Waals surface area contributed by atoms with Crippen molar-refractivity contribution in [2.75, 3.05) is 16.5 Å². The highest BCUT2D eigenvalue weighted by molar-refractivity contribution is 6.30. The lowest BCUT2D eigenvalue weighted by molar-refractivity contribution is -0.125. The first-order valence-electron chi connectivity index (χ1n) is 11.6. The Morgan fingerprint density at radius 1 is 1.00 bits per heavy atom. The van der Waals surface area contributed by atoms with Crippen LogP contribution in [0.25, 0.3) is 5.69 Å². The predicted molar refractivity (Wildman–Crippen MR) is 131 cm³/mol. The highest BCUT2D eigenvalue weighted by atomic mass is 35.5. The van der Waals surface area contributed by atoms with Crippen molar-refractivity contribution < 1.29 is 4.79 Å². The highest BCUT2D eigenvalue weighted by Gasteiger charge is 2.60. The summed E-state index contributed by atoms with van der Waals surface area (Å²) in [6.07, 6.45) is 3.81. The number of anilines is 2. The zero-order valence-electron chi connectivity index (χ0n) is 18.8. The molecule has 4 heterocycles. The Morgan fingerprint density at radius 2 is 1.76 bits per heavy atom. The molecule has 168 valence electrons. The maximum Gasteiger partial charge on any atom is 0.261 e. The normalized spacial score (nSPS) is 24.2. The van der Waals surface area contributed by atoms with Crippen LogP contribution in [0.1, 0.15) is 37.4 Å². The van der Waals surface area contributed by atoms with Crippen molar-refractivity contribution in [3.05, 3.63) is 70.9 Å². The van der Waals surface area contributed by atoms with Gasteiger partial charge in [-0.15, -0.1) is 0 Å². The number of carbonyl (C=O) groups excluding carboxylic acids is 1. The standard InChI is InChI=1S/C26H26ClN5O/c1-17-22-16-26(18(2)29-32(25(26)33)21-13-11-19(27)12-14-21)23-10-6-7-15-30(23)24(22)31(28-17)20-8-4-3-5-9-20/h3-5,8-9,11-14,23H,6-7,10,15-16H2,1-2H3. The Balaban J connectivity index is 1.49. The number of nitrogens with zero attached hydrogens (tertiary/aromatic N) is 5. The molecule has 2 aromatic carbocycles. The average Bonchev–Trinajstić information content (AvgIpc) is 3.30. The van der Waals surface area contributed by atoms with Crippen molar-refractivity contribution in [3.8, 4) is 5.69 Å². The van der Waals surface area contributed by atoms with Crippen molar-refractivity contribution in [1.29, 1.82) is 0 Å². The summed E-state index contributed by atoms with van der Waals surface area (Å²) in [4.78, 5) is 16.6. The van der Waals surface area contributed by atoms with Crippen LogP contribution in [-0.2, 0) is 11.2 Å². The molecule has 1 aromatic heterocycles. The molecule has 6 nitrogen and oxygen atoms in total. The van der Waals surface area contributed by atoms with Crippen LogP contribution in [-0.4, -0.2) is 34.0 Å². The molecule has 1 spiro atoms. The summed E-state index contributed by atoms with van der Waals surface area (Å²) in [5, 5.41) is 12.0. The van der Waals surface area contributed by atoms with E-state index in [-0.39, 0.29) is 11.9 Å². The van der Waals surface area contributed by atoms with Crippen molar-refractivity contribution in [3.63, 3.8) is 0 Å². The second kappa shape index (κ2) is 7.45. The molecule has 2 unspecified atom stereocenters. The maximum atomic E-state index is 14.2. The third-order valence-electron chi connectivity index (χ3n) is 7.50. The summed E-state index contributed by atoms with van der Waals surface area (Å²) < 4.78 is 2.07. The van der Waals surface area contributed by atoms with E-state index in [0.29, 0.717) is 11.4 Å². The number of halogens is 1. The smallest absolute Gasteiger partial charge is 0.261 e. The SMILES string of the molecule is CC1=NN(c2ccc(Cl)cc2)C(=O)C12Cc1c(C)nn(-c3ccccc3)c1N1CCCCC12. The van der Waals surface area contributed by atoms with E-state index < -0.39 is 5.41 Å². The summed E-state index contributed by atoms with van der Waals surface area (Å²) in [5.41, 5.74) is 4.14. The van der Waals surface area contributed by atoms with Gasteiger partial charge in [0.15, 0.2) is 0 Å². The first-order chi connectivity index (χ1) is 16.0. The largest absolute Gasteiger partial charge is 0.352 e. The number of hydrogen-bond acceptors (Lipinski definition) is 4. The second-order valence-electron chi connectivity index (χ2n) is 9.27. The quantitative estimate of drug-likeness (QED) is 0.532. The molecule has 1 fully saturated rings. The van der Waals surface area contributed by atoms with Crippen LogP contribution in [0.2, 0.25) is 5.02 Å². The van der Waals surface area contributed by atoms with Crippen LogP contribution in [0.15, 0.2) is 59.7 Å². The molecule has 7 heteroatoms. The molecular weight excluding hydrogens is 434 g/mol. The maximum absolute atomic E-state index is 14.2. The van der Waals surface area contributed by atoms with E-state index in [2.05, 4.69) is 28.6 Å². The van der Waals surface area contributed by atoms with Gasteiger partial charge in [-0.3, -0.25) is 4.79 Å². The summed E-state index contributed by atoms with van der Waals surface area (Å²) in [7, 11) is 0. The van der Waals surface area contributed by atoms with Crippen LogP contribution >= 0.6 is 11.6 Å². The van der Waals surface area contributed by atoms with Gasteiger partial charge in [-0.05, 0) is 75.9 Å². The predicted octanol–water partition coefficient (Wildman–Crippen LogP) is 5.16. The number of carbonyl (C=O) groups is 1. The second-order valence-corrected chi connectivity index (χ2v) is 9.70. The molecule has 0 radical (unpaired) electrons. The number of aryl methyl sites for hydroxylation is 1. The summed E-state index contributed by atoms with van der Waals surface area (Å²) >= 11 is 6.09. The van der Waals surface area contributed by atoms with Crippen LogP contribution in [0, 0.1) is 12.3 Å². The van der Waals surface area contributed by atoms with E-state index in [1.165, 1.54) is 0 Å². The van der Waals surface area contributed by atoms with E-state index in [1.807, 2.05) is 37.3 Å². The number of amides is 1. The van der Waals surface area contributed by atoms with E-state index >= 15 is 0 Å². The molecule has 3 aromatic rings. The third-order valence-corrected chi connectivity index (χ3v) is 7.75. The molecule has 0 N–H and O–H groups in total. The molecule has 2 atom stereocenters. The number of hydrazone groups is 1. The van der Waals surface area contributed by atoms with Gasteiger partial charge < -0.3 is 4.90 Å². The van der Waals surface area contributed by atoms with Gasteiger partial charge in [0, 0.05) is 17.1 Å². The fourth-order valence-electron chi connectivity index (χ4n) is 5.87. The number of benzene rings is 2. The third kappa shape index (κ3) is 2.90. The van der Waals surface area contributed by atoms with Crippen molar-refractivity contribution in [1.82, 2.24) is 9.78 Å². The lowest BCUT2D eigenvalue weighted by atomic mass is 9.66. The van der Waals surface area contributed by atoms with E-state index in [9.17, 15) is 4.79 Å². The van der Waals surface area contributed by atoms with Gasteiger partial charge in [0.2, 0.25) is 0 Å². The van der Waals surface area contributed by atoms with Crippen LogP contribution in [0.3, 0.4) is 0 Å². The van der Waals surface area contributed by atoms with E-state index in [1.54, 1.807) is 17.1 Å². The molecule has 3 aliphatic heterocycles. The van der Waals surface area contributed by atoms with Gasteiger partial charge in [0.25, 0.3) is 5.91 Å². The topological polar surface area (TPSA) is 53.7 Å². The zero-order chi connectivity index (χ0) is 22.7. The lowest BCUT2D eigenvalue weighted by Crippen LogP contribution is -2.61. The zero-order valence-corrected chi connectivity index (χ0v) is 19.6. The van der Waals surface area contributed by atoms with Crippen molar-refractivity contribution >= 4 is 34.7 Å². The number of hydrogen-bond donors (Lipinski definition) is 0. The van der Waals surface area contributed by atoms with Crippen LogP contribution in [0.5, 0.6) is 0 Å². The van der Waals surface area contributed by atoms with Gasteiger partial charge in [-0.1, -0.05) is 29.8 Å². The van der Waals surface area contributed by atoms with Crippen LogP contribution in [0.4, 0.5) is 11.5 Å². The molecule has 1 amide bonds. The highest BCUT2D eigenvalue weighted by Crippen LogP contribution is 2.51. The number of piperidine rings is 1. The lowest BCUT2D eigenvalue weighted by Gasteiger charge is -2.50. The number of fused-ring (bicyclic) bond motifs is 4. The van der Waals surface area contributed by atoms with Crippen LogP contribution < -0.4 is 9.91 Å².